The van der Waals surface area contributed by atoms with E-state index in [1.165, 1.54) is 25.7 Å². The average Bonchev–Trinajstić information content (AvgIpc) is 3.13. The lowest BCUT2D eigenvalue weighted by Gasteiger charge is -2.31. The van der Waals surface area contributed by atoms with E-state index in [1.54, 1.807) is 0 Å². The number of carbonyl (C=O) groups is 1. The minimum absolute atomic E-state index is 0.0849. The van der Waals surface area contributed by atoms with Crippen LogP contribution in [-0.2, 0) is 9.53 Å². The minimum Gasteiger partial charge on any atom is -0.381 e. The number of carbonyl (C=O) groups excluding carboxylic acids is 1. The van der Waals surface area contributed by atoms with Crippen LogP contribution < -0.4 is 5.32 Å². The Morgan fingerprint density at radius 3 is 2.72 bits per heavy atom. The van der Waals surface area contributed by atoms with Crippen molar-refractivity contribution in [3.8, 4) is 0 Å². The number of ether oxygens (including phenoxy) is 1. The van der Waals surface area contributed by atoms with Crippen LogP contribution in [0.3, 0.4) is 0 Å². The van der Waals surface area contributed by atoms with Crippen molar-refractivity contribution in [3.63, 3.8) is 0 Å². The molecule has 3 rings (SSSR count). The molecule has 4 heteroatoms. The monoisotopic (exact) mass is 252 g/mol. The van der Waals surface area contributed by atoms with E-state index in [0.717, 1.165) is 39.1 Å². The molecule has 2 aliphatic heterocycles. The van der Waals surface area contributed by atoms with E-state index in [1.807, 2.05) is 0 Å². The number of nitrogens with zero attached hydrogens (tertiary/aromatic N) is 1. The van der Waals surface area contributed by atoms with Gasteiger partial charge in [0, 0.05) is 25.1 Å². The summed E-state index contributed by atoms with van der Waals surface area (Å²) in [6.07, 6.45) is 6.94. The number of piperidine rings is 1. The van der Waals surface area contributed by atoms with Gasteiger partial charge in [0.1, 0.15) is 0 Å². The van der Waals surface area contributed by atoms with Crippen molar-refractivity contribution in [2.45, 2.75) is 50.6 Å². The van der Waals surface area contributed by atoms with Crippen molar-refractivity contribution < 1.29 is 9.53 Å². The SMILES string of the molecule is O=C(C1CCCCN1)N(CC1CCOC1)C1CC1. The van der Waals surface area contributed by atoms with Gasteiger partial charge in [0.2, 0.25) is 5.91 Å². The molecule has 2 atom stereocenters. The lowest BCUT2D eigenvalue weighted by molar-refractivity contribution is -0.135. The van der Waals surface area contributed by atoms with Crippen molar-refractivity contribution in [2.75, 3.05) is 26.3 Å². The molecule has 4 nitrogen and oxygen atoms in total. The molecular formula is C14H24N2O2. The molecule has 3 fully saturated rings. The second-order valence-corrected chi connectivity index (χ2v) is 5.95. The Labute approximate surface area is 109 Å². The molecule has 0 aromatic heterocycles. The van der Waals surface area contributed by atoms with E-state index in [0.29, 0.717) is 17.9 Å². The van der Waals surface area contributed by atoms with Gasteiger partial charge >= 0.3 is 0 Å². The Morgan fingerprint density at radius 2 is 2.11 bits per heavy atom. The molecule has 1 aliphatic carbocycles. The van der Waals surface area contributed by atoms with Crippen molar-refractivity contribution in [1.29, 1.82) is 0 Å². The molecule has 1 amide bonds. The average molecular weight is 252 g/mol. The topological polar surface area (TPSA) is 41.6 Å². The van der Waals surface area contributed by atoms with E-state index in [4.69, 9.17) is 4.74 Å². The molecule has 3 aliphatic rings. The summed E-state index contributed by atoms with van der Waals surface area (Å²) < 4.78 is 5.43. The second kappa shape index (κ2) is 5.57. The zero-order valence-corrected chi connectivity index (χ0v) is 11.1. The van der Waals surface area contributed by atoms with Gasteiger partial charge in [-0.05, 0) is 38.6 Å². The van der Waals surface area contributed by atoms with Crippen LogP contribution in [0.1, 0.15) is 38.5 Å². The molecule has 2 saturated heterocycles. The number of hydrogen-bond acceptors (Lipinski definition) is 3. The fourth-order valence-electron chi connectivity index (χ4n) is 3.07. The van der Waals surface area contributed by atoms with Crippen molar-refractivity contribution in [1.82, 2.24) is 10.2 Å². The molecule has 0 aromatic carbocycles. The maximum atomic E-state index is 12.6. The highest BCUT2D eigenvalue weighted by Crippen LogP contribution is 2.30. The highest BCUT2D eigenvalue weighted by molar-refractivity contribution is 5.82. The summed E-state index contributed by atoms with van der Waals surface area (Å²) in [4.78, 5) is 14.7. The molecule has 102 valence electrons. The smallest absolute Gasteiger partial charge is 0.239 e. The maximum absolute atomic E-state index is 12.6. The van der Waals surface area contributed by atoms with Crippen molar-refractivity contribution >= 4 is 5.91 Å². The molecule has 0 spiro atoms. The summed E-state index contributed by atoms with van der Waals surface area (Å²) >= 11 is 0. The molecular weight excluding hydrogens is 228 g/mol. The molecule has 0 bridgehead atoms. The Kier molecular flexibility index (Phi) is 3.85. The lowest BCUT2D eigenvalue weighted by atomic mass is 10.0. The number of rotatable bonds is 4. The summed E-state index contributed by atoms with van der Waals surface area (Å²) in [7, 11) is 0. The van der Waals surface area contributed by atoms with Crippen LogP contribution in [0.4, 0.5) is 0 Å². The molecule has 18 heavy (non-hydrogen) atoms. The Morgan fingerprint density at radius 1 is 1.22 bits per heavy atom. The maximum Gasteiger partial charge on any atom is 0.239 e. The lowest BCUT2D eigenvalue weighted by Crippen LogP contribution is -2.50. The standard InChI is InChI=1S/C14H24N2O2/c17-14(13-3-1-2-7-15-13)16(12-4-5-12)9-11-6-8-18-10-11/h11-13,15H,1-10H2. The van der Waals surface area contributed by atoms with Crippen LogP contribution in [-0.4, -0.2) is 49.2 Å². The van der Waals surface area contributed by atoms with Crippen LogP contribution in [0.2, 0.25) is 0 Å². The largest absolute Gasteiger partial charge is 0.381 e. The van der Waals surface area contributed by atoms with Gasteiger partial charge < -0.3 is 15.0 Å². The van der Waals surface area contributed by atoms with E-state index >= 15 is 0 Å². The van der Waals surface area contributed by atoms with Crippen LogP contribution in [0, 0.1) is 5.92 Å². The third-order valence-electron chi connectivity index (χ3n) is 4.36. The zero-order valence-electron chi connectivity index (χ0n) is 11.1. The fourth-order valence-corrected chi connectivity index (χ4v) is 3.07. The first-order valence-corrected chi connectivity index (χ1v) is 7.46. The van der Waals surface area contributed by atoms with Gasteiger partial charge in [-0.15, -0.1) is 0 Å². The van der Waals surface area contributed by atoms with Gasteiger partial charge in [-0.2, -0.15) is 0 Å². The first kappa shape index (κ1) is 12.4. The first-order chi connectivity index (χ1) is 8.84. The number of amides is 1. The van der Waals surface area contributed by atoms with Crippen LogP contribution >= 0.6 is 0 Å². The van der Waals surface area contributed by atoms with Gasteiger partial charge in [0.05, 0.1) is 12.6 Å². The Hall–Kier alpha value is -0.610. The third-order valence-corrected chi connectivity index (χ3v) is 4.36. The van der Waals surface area contributed by atoms with E-state index < -0.39 is 0 Å². The number of nitrogens with one attached hydrogen (secondary N) is 1. The molecule has 1 N–H and O–H groups in total. The van der Waals surface area contributed by atoms with Crippen molar-refractivity contribution in [3.05, 3.63) is 0 Å². The summed E-state index contributed by atoms with van der Waals surface area (Å²) in [6.45, 7) is 3.64. The highest BCUT2D eigenvalue weighted by atomic mass is 16.5. The van der Waals surface area contributed by atoms with Gasteiger partial charge in [-0.1, -0.05) is 6.42 Å². The molecule has 2 unspecified atom stereocenters. The molecule has 0 radical (unpaired) electrons. The van der Waals surface area contributed by atoms with Gasteiger partial charge in [-0.25, -0.2) is 0 Å². The predicted octanol–water partition coefficient (Wildman–Crippen LogP) is 1.16. The number of hydrogen-bond donors (Lipinski definition) is 1. The normalized spacial score (nSPS) is 32.4. The Bertz CT molecular complexity index is 292. The summed E-state index contributed by atoms with van der Waals surface area (Å²) in [5.74, 6) is 0.919. The summed E-state index contributed by atoms with van der Waals surface area (Å²) in [5, 5.41) is 3.38. The molecule has 0 aromatic rings. The molecule has 2 heterocycles. The van der Waals surface area contributed by atoms with E-state index in [2.05, 4.69) is 10.2 Å². The molecule has 1 saturated carbocycles. The predicted molar refractivity (Wildman–Crippen MR) is 69.3 cm³/mol. The Balaban J connectivity index is 1.59. The van der Waals surface area contributed by atoms with E-state index in [9.17, 15) is 4.79 Å². The van der Waals surface area contributed by atoms with Gasteiger partial charge in [0.15, 0.2) is 0 Å². The van der Waals surface area contributed by atoms with Gasteiger partial charge in [0.25, 0.3) is 0 Å². The summed E-state index contributed by atoms with van der Waals surface area (Å²) in [5.41, 5.74) is 0. The fraction of sp³-hybridized carbons (Fsp3) is 0.929. The second-order valence-electron chi connectivity index (χ2n) is 5.95. The van der Waals surface area contributed by atoms with Crippen LogP contribution in [0.25, 0.3) is 0 Å². The van der Waals surface area contributed by atoms with E-state index in [-0.39, 0.29) is 6.04 Å². The minimum atomic E-state index is 0.0849. The van der Waals surface area contributed by atoms with Gasteiger partial charge in [-0.3, -0.25) is 4.79 Å². The summed E-state index contributed by atoms with van der Waals surface area (Å²) in [6, 6.07) is 0.614. The third kappa shape index (κ3) is 2.86. The quantitative estimate of drug-likeness (QED) is 0.816. The zero-order chi connectivity index (χ0) is 12.4. The van der Waals surface area contributed by atoms with Crippen molar-refractivity contribution in [2.24, 2.45) is 5.92 Å². The van der Waals surface area contributed by atoms with Crippen LogP contribution in [0.15, 0.2) is 0 Å². The highest BCUT2D eigenvalue weighted by Gasteiger charge is 2.37. The first-order valence-electron chi connectivity index (χ1n) is 7.46. The van der Waals surface area contributed by atoms with Crippen LogP contribution in [0.5, 0.6) is 0 Å².